The molecule has 0 saturated carbocycles. The van der Waals surface area contributed by atoms with Gasteiger partial charge in [-0.15, -0.1) is 53.6 Å². The minimum Gasteiger partial charge on any atom is -0.501 e. The van der Waals surface area contributed by atoms with E-state index in [9.17, 15) is 0 Å². The Morgan fingerprint density at radius 3 is 2.20 bits per heavy atom. The number of benzene rings is 4. The maximum Gasteiger partial charge on any atom is 0.120 e. The second kappa shape index (κ2) is 14.7. The molecule has 0 bridgehead atoms. The molecule has 0 N–H and O–H groups in total. The first-order chi connectivity index (χ1) is 23.5. The minimum absolute atomic E-state index is 0. The Hall–Kier alpha value is -3.83. The van der Waals surface area contributed by atoms with Gasteiger partial charge < -0.3 is 14.0 Å². The Kier molecular flexibility index (Phi) is 11.0. The van der Waals surface area contributed by atoms with Crippen LogP contribution in [0.4, 0.5) is 0 Å². The van der Waals surface area contributed by atoms with Crippen molar-refractivity contribution in [1.29, 1.82) is 0 Å². The molecular formula is C45H51IrN3OSi-2. The van der Waals surface area contributed by atoms with E-state index in [-0.39, 0.29) is 37.0 Å². The first kappa shape index (κ1) is 38.4. The van der Waals surface area contributed by atoms with Gasteiger partial charge in [0.05, 0.1) is 30.5 Å². The van der Waals surface area contributed by atoms with Gasteiger partial charge in [0.2, 0.25) is 0 Å². The summed E-state index contributed by atoms with van der Waals surface area (Å²) >= 11 is 0. The maximum atomic E-state index is 6.18. The van der Waals surface area contributed by atoms with Crippen LogP contribution in [0.25, 0.3) is 55.6 Å². The van der Waals surface area contributed by atoms with Crippen molar-refractivity contribution in [2.24, 2.45) is 5.41 Å². The standard InChI is InChI=1S/C23H34NSi.C22H17N2O.Ir/c1-22(2,3)15-18-14-20(24-16-21(18)25(7,8)9)17-11-10-12-19(13-17)23(4,5)6;1-14(2)24-19-12-5-4-11-18(19)23-22(24)17-10-7-9-16-15-8-3-6-13-20(15)25-21(16)17;/h10,12-14,16H,15H2,1-9H3;3-9,11-14H,1-2H3;/q2*-1;. The van der Waals surface area contributed by atoms with E-state index in [2.05, 4.69) is 146 Å². The minimum atomic E-state index is -1.42. The second-order valence-electron chi connectivity index (χ2n) is 17.0. The number of hydrogen-bond donors (Lipinski definition) is 0. The molecule has 0 atom stereocenters. The topological polar surface area (TPSA) is 43.9 Å². The summed E-state index contributed by atoms with van der Waals surface area (Å²) in [5.41, 5.74) is 10.1. The van der Waals surface area contributed by atoms with Crippen LogP contribution in [-0.4, -0.2) is 22.6 Å². The van der Waals surface area contributed by atoms with Gasteiger partial charge in [-0.2, -0.15) is 0 Å². The van der Waals surface area contributed by atoms with Gasteiger partial charge in [-0.1, -0.05) is 114 Å². The van der Waals surface area contributed by atoms with E-state index < -0.39 is 8.07 Å². The zero-order chi connectivity index (χ0) is 36.0. The summed E-state index contributed by atoms with van der Waals surface area (Å²) in [7, 11) is -1.42. The van der Waals surface area contributed by atoms with E-state index in [1.54, 1.807) is 0 Å². The Labute approximate surface area is 319 Å². The Morgan fingerprint density at radius 2 is 1.51 bits per heavy atom. The van der Waals surface area contributed by atoms with Gasteiger partial charge in [0.25, 0.3) is 0 Å². The van der Waals surface area contributed by atoms with Crippen LogP contribution in [-0.2, 0) is 31.9 Å². The number of nitrogens with zero attached hydrogens (tertiary/aromatic N) is 3. The Morgan fingerprint density at radius 1 is 0.824 bits per heavy atom. The third-order valence-corrected chi connectivity index (χ3v) is 11.2. The molecule has 7 aromatic rings. The molecule has 0 aliphatic carbocycles. The Balaban J connectivity index is 0.000000194. The number of hydrogen-bond acceptors (Lipinski definition) is 3. The quantitative estimate of drug-likeness (QED) is 0.128. The fraction of sp³-hybridized carbons (Fsp3) is 0.333. The van der Waals surface area contributed by atoms with Crippen molar-refractivity contribution in [3.8, 4) is 22.6 Å². The predicted molar refractivity (Wildman–Crippen MR) is 215 cm³/mol. The smallest absolute Gasteiger partial charge is 0.120 e. The normalized spacial score (nSPS) is 12.3. The number of rotatable bonds is 5. The molecule has 3 aromatic heterocycles. The summed E-state index contributed by atoms with van der Waals surface area (Å²) in [4.78, 5) is 9.73. The van der Waals surface area contributed by atoms with Crippen LogP contribution in [0, 0.1) is 17.5 Å². The van der Waals surface area contributed by atoms with Crippen LogP contribution in [0.5, 0.6) is 0 Å². The molecule has 51 heavy (non-hydrogen) atoms. The van der Waals surface area contributed by atoms with E-state index >= 15 is 0 Å². The van der Waals surface area contributed by atoms with Crippen molar-refractivity contribution in [1.82, 2.24) is 14.5 Å². The SMILES string of the molecule is CC(C)(C)Cc1cc(-c2[c-]ccc(C(C)(C)C)c2)ncc1[Si](C)(C)C.CC(C)n1c(-c2[c-]ccc3c2oc2ccccc23)nc2ccccc21.[Ir]. The molecule has 4 nitrogen and oxygen atoms in total. The molecular weight excluding hydrogens is 819 g/mol. The van der Waals surface area contributed by atoms with Gasteiger partial charge in [-0.25, -0.2) is 0 Å². The number of pyridine rings is 1. The number of aromatic nitrogens is 3. The zero-order valence-electron chi connectivity index (χ0n) is 32.0. The van der Waals surface area contributed by atoms with Crippen LogP contribution in [0.3, 0.4) is 0 Å². The summed E-state index contributed by atoms with van der Waals surface area (Å²) in [5.74, 6) is 0.904. The van der Waals surface area contributed by atoms with Crippen LogP contribution < -0.4 is 5.19 Å². The molecule has 267 valence electrons. The van der Waals surface area contributed by atoms with Crippen LogP contribution in [0.15, 0.2) is 95.5 Å². The summed E-state index contributed by atoms with van der Waals surface area (Å²) in [6.07, 6.45) is 3.22. The average Bonchev–Trinajstić information content (AvgIpc) is 3.62. The van der Waals surface area contributed by atoms with E-state index in [0.29, 0.717) is 0 Å². The first-order valence-electron chi connectivity index (χ1n) is 17.8. The summed E-state index contributed by atoms with van der Waals surface area (Å²) in [6, 6.07) is 36.2. The van der Waals surface area contributed by atoms with E-state index in [4.69, 9.17) is 14.4 Å². The van der Waals surface area contributed by atoms with Gasteiger partial charge in [0.1, 0.15) is 5.58 Å². The first-order valence-corrected chi connectivity index (χ1v) is 21.3. The molecule has 0 fully saturated rings. The fourth-order valence-corrected chi connectivity index (χ4v) is 8.29. The monoisotopic (exact) mass is 870 g/mol. The van der Waals surface area contributed by atoms with Crippen LogP contribution in [0.1, 0.15) is 72.6 Å². The van der Waals surface area contributed by atoms with Crippen molar-refractivity contribution in [2.75, 3.05) is 0 Å². The summed E-state index contributed by atoms with van der Waals surface area (Å²) < 4.78 is 8.44. The fourth-order valence-electron chi connectivity index (χ4n) is 6.72. The van der Waals surface area contributed by atoms with Gasteiger partial charge in [-0.05, 0) is 60.2 Å². The molecule has 7 rings (SSSR count). The third kappa shape index (κ3) is 8.30. The molecule has 0 unspecified atom stereocenters. The third-order valence-electron chi connectivity index (χ3n) is 9.14. The number of fused-ring (bicyclic) bond motifs is 4. The number of furan rings is 1. The van der Waals surface area contributed by atoms with Crippen molar-refractivity contribution >= 4 is 46.2 Å². The molecule has 0 saturated heterocycles. The Bertz CT molecular complexity index is 2290. The molecule has 3 heterocycles. The van der Waals surface area contributed by atoms with E-state index in [1.807, 2.05) is 36.4 Å². The van der Waals surface area contributed by atoms with Gasteiger partial charge in [0.15, 0.2) is 0 Å². The molecule has 0 amide bonds. The van der Waals surface area contributed by atoms with E-state index in [1.165, 1.54) is 16.3 Å². The van der Waals surface area contributed by atoms with Gasteiger partial charge in [0, 0.05) is 37.7 Å². The van der Waals surface area contributed by atoms with Crippen molar-refractivity contribution in [3.05, 3.63) is 114 Å². The molecule has 6 heteroatoms. The van der Waals surface area contributed by atoms with Crippen molar-refractivity contribution < 1.29 is 24.5 Å². The van der Waals surface area contributed by atoms with Crippen molar-refractivity contribution in [2.45, 2.75) is 92.9 Å². The molecule has 0 aliphatic rings. The van der Waals surface area contributed by atoms with Crippen LogP contribution >= 0.6 is 0 Å². The van der Waals surface area contributed by atoms with Crippen molar-refractivity contribution in [3.63, 3.8) is 0 Å². The van der Waals surface area contributed by atoms with Gasteiger partial charge in [-0.3, -0.25) is 4.98 Å². The average molecular weight is 870 g/mol. The number of imidazole rings is 1. The van der Waals surface area contributed by atoms with E-state index in [0.717, 1.165) is 62.0 Å². The predicted octanol–water partition coefficient (Wildman–Crippen LogP) is 12.0. The van der Waals surface area contributed by atoms with Crippen LogP contribution in [0.2, 0.25) is 19.6 Å². The summed E-state index contributed by atoms with van der Waals surface area (Å²) in [5, 5.41) is 3.71. The maximum absolute atomic E-state index is 6.18. The molecule has 1 radical (unpaired) electrons. The largest absolute Gasteiger partial charge is 0.501 e. The second-order valence-corrected chi connectivity index (χ2v) is 22.1. The molecule has 0 spiro atoms. The summed E-state index contributed by atoms with van der Waals surface area (Å²) in [6.45, 7) is 25.3. The molecule has 4 aromatic carbocycles. The zero-order valence-corrected chi connectivity index (χ0v) is 35.4. The molecule has 0 aliphatic heterocycles. The van der Waals surface area contributed by atoms with Gasteiger partial charge >= 0.3 is 0 Å². The number of para-hydroxylation sites is 3.